The van der Waals surface area contributed by atoms with Crippen LogP contribution in [0, 0.1) is 29.6 Å². The second-order valence-electron chi connectivity index (χ2n) is 7.94. The van der Waals surface area contributed by atoms with E-state index in [1.54, 1.807) is 0 Å². The number of alkyl halides is 1. The fraction of sp³-hybridized carbons (Fsp3) is 1.00. The summed E-state index contributed by atoms with van der Waals surface area (Å²) >= 11 is 6.46. The van der Waals surface area contributed by atoms with Crippen LogP contribution in [0.4, 0.5) is 0 Å². The first-order valence-corrected chi connectivity index (χ1v) is 9.87. The normalized spacial score (nSPS) is 42.4. The van der Waals surface area contributed by atoms with E-state index in [-0.39, 0.29) is 23.3 Å². The second-order valence-corrected chi connectivity index (χ2v) is 8.50. The number of halogens is 1. The van der Waals surface area contributed by atoms with Crippen molar-refractivity contribution in [3.05, 3.63) is 0 Å². The van der Waals surface area contributed by atoms with E-state index in [0.29, 0.717) is 12.5 Å². The Morgan fingerprint density at radius 2 is 1.86 bits per heavy atom. The van der Waals surface area contributed by atoms with Crippen LogP contribution in [-0.2, 0) is 0 Å². The number of hydrogen-bond acceptors (Lipinski definition) is 3. The summed E-state index contributed by atoms with van der Waals surface area (Å²) in [6.45, 7) is 2.39. The van der Waals surface area contributed by atoms with E-state index in [9.17, 15) is 5.11 Å². The van der Waals surface area contributed by atoms with Crippen molar-refractivity contribution < 1.29 is 5.11 Å². The topological polar surface area (TPSA) is 58.3 Å². The quantitative estimate of drug-likeness (QED) is 0.695. The highest BCUT2D eigenvalue weighted by molar-refractivity contribution is 6.21. The van der Waals surface area contributed by atoms with Crippen molar-refractivity contribution in [1.29, 1.82) is 0 Å². The highest BCUT2D eigenvalue weighted by atomic mass is 35.5. The van der Waals surface area contributed by atoms with Crippen LogP contribution in [0.2, 0.25) is 0 Å². The molecule has 0 spiro atoms. The maximum absolute atomic E-state index is 11.0. The zero-order chi connectivity index (χ0) is 15.5. The molecule has 3 aliphatic rings. The van der Waals surface area contributed by atoms with Crippen molar-refractivity contribution in [1.82, 2.24) is 5.32 Å². The van der Waals surface area contributed by atoms with E-state index < -0.39 is 0 Å². The van der Waals surface area contributed by atoms with Gasteiger partial charge in [0.15, 0.2) is 0 Å². The first-order valence-electron chi connectivity index (χ1n) is 9.43. The van der Waals surface area contributed by atoms with Crippen molar-refractivity contribution in [3.63, 3.8) is 0 Å². The third-order valence-electron chi connectivity index (χ3n) is 6.79. The summed E-state index contributed by atoms with van der Waals surface area (Å²) in [4.78, 5) is 0. The van der Waals surface area contributed by atoms with Gasteiger partial charge in [0.05, 0.1) is 11.5 Å². The molecule has 0 bridgehead atoms. The number of fused-ring (bicyclic) bond motifs is 1. The Labute approximate surface area is 140 Å². The molecule has 0 aromatic heterocycles. The van der Waals surface area contributed by atoms with Gasteiger partial charge in [0.1, 0.15) is 0 Å². The molecule has 1 heterocycles. The lowest BCUT2D eigenvalue weighted by Crippen LogP contribution is -2.49. The molecule has 3 nitrogen and oxygen atoms in total. The maximum atomic E-state index is 11.0. The van der Waals surface area contributed by atoms with E-state index in [1.807, 2.05) is 0 Å². The molecule has 3 fully saturated rings. The van der Waals surface area contributed by atoms with Gasteiger partial charge in [-0.25, -0.2) is 0 Å². The predicted molar refractivity (Wildman–Crippen MR) is 92.0 cm³/mol. The molecule has 4 heteroatoms. The molecule has 2 saturated carbocycles. The van der Waals surface area contributed by atoms with Gasteiger partial charge < -0.3 is 16.2 Å². The van der Waals surface area contributed by atoms with Gasteiger partial charge >= 0.3 is 0 Å². The van der Waals surface area contributed by atoms with E-state index in [2.05, 4.69) is 5.32 Å². The lowest BCUT2D eigenvalue weighted by molar-refractivity contribution is -0.00865. The van der Waals surface area contributed by atoms with E-state index in [4.69, 9.17) is 17.3 Å². The molecule has 2 aliphatic carbocycles. The van der Waals surface area contributed by atoms with Gasteiger partial charge in [0.2, 0.25) is 0 Å². The van der Waals surface area contributed by atoms with Crippen LogP contribution >= 0.6 is 11.6 Å². The highest BCUT2D eigenvalue weighted by Crippen LogP contribution is 2.46. The van der Waals surface area contributed by atoms with Gasteiger partial charge in [0, 0.05) is 18.4 Å². The number of aliphatic hydroxyl groups excluding tert-OH is 1. The van der Waals surface area contributed by atoms with Crippen LogP contribution in [0.25, 0.3) is 0 Å². The molecular formula is C18H33ClN2O. The molecule has 0 aromatic rings. The number of aliphatic hydroxyl groups is 1. The largest absolute Gasteiger partial charge is 0.392 e. The number of rotatable bonds is 4. The molecule has 3 rings (SSSR count). The fourth-order valence-electron chi connectivity index (χ4n) is 5.45. The second kappa shape index (κ2) is 7.83. The summed E-state index contributed by atoms with van der Waals surface area (Å²) < 4.78 is 0. The predicted octanol–water partition coefficient (Wildman–Crippen LogP) is 2.75. The molecule has 0 amide bonds. The Bertz CT molecular complexity index is 354. The molecular weight excluding hydrogens is 296 g/mol. The van der Waals surface area contributed by atoms with E-state index >= 15 is 0 Å². The number of nitrogens with two attached hydrogens (primary N) is 1. The molecule has 1 aliphatic heterocycles. The van der Waals surface area contributed by atoms with Gasteiger partial charge in [0.25, 0.3) is 0 Å². The summed E-state index contributed by atoms with van der Waals surface area (Å²) in [6.07, 6.45) is 10.2. The van der Waals surface area contributed by atoms with Crippen LogP contribution in [0.15, 0.2) is 0 Å². The summed E-state index contributed by atoms with van der Waals surface area (Å²) in [5.41, 5.74) is 6.11. The Morgan fingerprint density at radius 1 is 1.09 bits per heavy atom. The lowest BCUT2D eigenvalue weighted by atomic mass is 9.63. The molecule has 128 valence electrons. The summed E-state index contributed by atoms with van der Waals surface area (Å²) in [6, 6.07) is 0. The first kappa shape index (κ1) is 17.0. The average molecular weight is 329 g/mol. The minimum absolute atomic E-state index is 0.0452. The zero-order valence-electron chi connectivity index (χ0n) is 13.7. The molecule has 6 unspecified atom stereocenters. The van der Waals surface area contributed by atoms with Crippen molar-refractivity contribution in [3.8, 4) is 0 Å². The highest BCUT2D eigenvalue weighted by Gasteiger charge is 2.41. The van der Waals surface area contributed by atoms with Gasteiger partial charge in [-0.1, -0.05) is 25.7 Å². The lowest BCUT2D eigenvalue weighted by Gasteiger charge is -2.44. The Balaban J connectivity index is 1.62. The van der Waals surface area contributed by atoms with Gasteiger partial charge in [-0.15, -0.1) is 11.6 Å². The van der Waals surface area contributed by atoms with Crippen LogP contribution in [0.3, 0.4) is 0 Å². The van der Waals surface area contributed by atoms with Gasteiger partial charge in [-0.05, 0) is 56.5 Å². The number of hydrogen-bond donors (Lipinski definition) is 3. The molecule has 7 atom stereocenters. The molecule has 0 aromatic carbocycles. The minimum atomic E-state index is -0.320. The third-order valence-corrected chi connectivity index (χ3v) is 7.27. The van der Waals surface area contributed by atoms with Gasteiger partial charge in [-0.3, -0.25) is 0 Å². The number of piperidine rings is 1. The molecule has 0 radical (unpaired) electrons. The van der Waals surface area contributed by atoms with Crippen molar-refractivity contribution in [2.24, 2.45) is 35.3 Å². The molecule has 1 saturated heterocycles. The third kappa shape index (κ3) is 3.63. The van der Waals surface area contributed by atoms with E-state index in [0.717, 1.165) is 31.3 Å². The van der Waals surface area contributed by atoms with Crippen molar-refractivity contribution in [2.45, 2.75) is 62.8 Å². The fourth-order valence-corrected chi connectivity index (χ4v) is 5.84. The summed E-state index contributed by atoms with van der Waals surface area (Å²) in [5.74, 6) is 2.92. The molecule has 22 heavy (non-hydrogen) atoms. The Morgan fingerprint density at radius 3 is 2.59 bits per heavy atom. The molecule has 4 N–H and O–H groups in total. The summed E-state index contributed by atoms with van der Waals surface area (Å²) in [7, 11) is 0. The first-order chi connectivity index (χ1) is 10.7. The van der Waals surface area contributed by atoms with Crippen molar-refractivity contribution in [2.75, 3.05) is 19.6 Å². The summed E-state index contributed by atoms with van der Waals surface area (Å²) in [5, 5.41) is 14.3. The Kier molecular flexibility index (Phi) is 6.05. The van der Waals surface area contributed by atoms with Crippen LogP contribution in [0.1, 0.15) is 51.4 Å². The van der Waals surface area contributed by atoms with Crippen LogP contribution in [0.5, 0.6) is 0 Å². The minimum Gasteiger partial charge on any atom is -0.392 e. The smallest absolute Gasteiger partial charge is 0.0626 e. The van der Waals surface area contributed by atoms with E-state index in [1.165, 1.54) is 44.9 Å². The van der Waals surface area contributed by atoms with Gasteiger partial charge in [-0.2, -0.15) is 0 Å². The average Bonchev–Trinajstić information content (AvgIpc) is 2.55. The van der Waals surface area contributed by atoms with Crippen LogP contribution < -0.4 is 11.1 Å². The Hall–Kier alpha value is 0.170. The van der Waals surface area contributed by atoms with Crippen molar-refractivity contribution >= 4 is 11.6 Å². The zero-order valence-corrected chi connectivity index (χ0v) is 14.5. The number of nitrogens with one attached hydrogen (secondary N) is 1. The monoisotopic (exact) mass is 328 g/mol. The standard InChI is InChI=1S/C18H33ClN2O/c19-17-11-21-8-7-15(17)18(22)16(10-20)14-6-5-12-3-1-2-4-13(12)9-14/h12-18,21-22H,1-11,20H2/t12?,13?,14?,15?,16-,17?,18?/m0/s1. The SMILES string of the molecule is NC[C@@H](C1CCC2CCCCC2C1)C(O)C1CCNCC1Cl. The maximum Gasteiger partial charge on any atom is 0.0626 e. The van der Waals surface area contributed by atoms with Crippen LogP contribution in [-0.4, -0.2) is 36.2 Å².